The van der Waals surface area contributed by atoms with Crippen molar-refractivity contribution in [1.82, 2.24) is 0 Å². The van der Waals surface area contributed by atoms with Crippen LogP contribution in [0.25, 0.3) is 0 Å². The van der Waals surface area contributed by atoms with Crippen molar-refractivity contribution >= 4 is 11.4 Å². The Morgan fingerprint density at radius 1 is 0.606 bits per heavy atom. The summed E-state index contributed by atoms with van der Waals surface area (Å²) in [5.74, 6) is 0.200. The third-order valence-electron chi connectivity index (χ3n) is 3.85. The lowest BCUT2D eigenvalue weighted by molar-refractivity contribution is -0.394. The minimum Gasteiger partial charge on any atom is -0.457 e. The molecule has 3 aromatic rings. The summed E-state index contributed by atoms with van der Waals surface area (Å²) < 4.78 is 79.3. The highest BCUT2D eigenvalue weighted by Gasteiger charge is 2.31. The smallest absolute Gasteiger partial charge is 0.416 e. The molecule has 0 unspecified atom stereocenters. The van der Waals surface area contributed by atoms with Gasteiger partial charge in [0.25, 0.3) is 11.4 Å². The SMILES string of the molecule is FC(F)(F)c1ccc(Oc2ccc(C(F)(F)F)cc2)cc1.O=[N+]([O-])c1cccc([N+](=O)[O-])c1. The Balaban J connectivity index is 0.000000273. The molecule has 0 aliphatic rings. The molecule has 0 radical (unpaired) electrons. The van der Waals surface area contributed by atoms with Crippen molar-refractivity contribution in [2.24, 2.45) is 0 Å². The number of nitro benzene ring substituents is 2. The zero-order valence-electron chi connectivity index (χ0n) is 16.1. The Kier molecular flexibility index (Phi) is 7.59. The van der Waals surface area contributed by atoms with Crippen molar-refractivity contribution in [2.75, 3.05) is 0 Å². The van der Waals surface area contributed by atoms with Gasteiger partial charge in [0, 0.05) is 12.1 Å². The summed E-state index contributed by atoms with van der Waals surface area (Å²) in [6, 6.07) is 12.3. The molecule has 13 heteroatoms. The first-order valence-corrected chi connectivity index (χ1v) is 8.68. The van der Waals surface area contributed by atoms with E-state index >= 15 is 0 Å². The fourth-order valence-corrected chi connectivity index (χ4v) is 2.28. The molecule has 7 nitrogen and oxygen atoms in total. The average Bonchev–Trinajstić information content (AvgIpc) is 2.74. The summed E-state index contributed by atoms with van der Waals surface area (Å²) in [4.78, 5) is 19.0. The van der Waals surface area contributed by atoms with Crippen molar-refractivity contribution in [2.45, 2.75) is 12.4 Å². The normalized spacial score (nSPS) is 11.2. The van der Waals surface area contributed by atoms with Crippen LogP contribution in [0.2, 0.25) is 0 Å². The lowest BCUT2D eigenvalue weighted by atomic mass is 10.2. The largest absolute Gasteiger partial charge is 0.457 e. The van der Waals surface area contributed by atoms with Gasteiger partial charge in [0.05, 0.1) is 27.0 Å². The van der Waals surface area contributed by atoms with Gasteiger partial charge in [0.1, 0.15) is 11.5 Å². The van der Waals surface area contributed by atoms with Crippen LogP contribution in [0.4, 0.5) is 37.7 Å². The predicted molar refractivity (Wildman–Crippen MR) is 103 cm³/mol. The van der Waals surface area contributed by atoms with E-state index in [-0.39, 0.29) is 22.9 Å². The van der Waals surface area contributed by atoms with Crippen LogP contribution in [-0.2, 0) is 12.4 Å². The number of alkyl halides is 6. The maximum atomic E-state index is 12.4. The molecule has 0 aliphatic carbocycles. The topological polar surface area (TPSA) is 95.5 Å². The predicted octanol–water partition coefficient (Wildman–Crippen LogP) is 7.02. The molecule has 0 N–H and O–H groups in total. The first-order chi connectivity index (χ1) is 15.3. The van der Waals surface area contributed by atoms with E-state index in [4.69, 9.17) is 4.74 Å². The second-order valence-corrected chi connectivity index (χ2v) is 6.18. The van der Waals surface area contributed by atoms with Crippen LogP contribution in [0.5, 0.6) is 11.5 Å². The van der Waals surface area contributed by atoms with Gasteiger partial charge in [-0.15, -0.1) is 0 Å². The summed E-state index contributed by atoms with van der Waals surface area (Å²) in [6.07, 6.45) is -8.90. The monoisotopic (exact) mass is 474 g/mol. The lowest BCUT2D eigenvalue weighted by Gasteiger charge is -2.10. The Hall–Kier alpha value is -4.16. The van der Waals surface area contributed by atoms with E-state index in [1.165, 1.54) is 18.2 Å². The summed E-state index contributed by atoms with van der Waals surface area (Å²) >= 11 is 0. The second kappa shape index (κ2) is 9.97. The maximum absolute atomic E-state index is 12.4. The van der Waals surface area contributed by atoms with E-state index in [0.29, 0.717) is 0 Å². The van der Waals surface area contributed by atoms with Gasteiger partial charge in [0.15, 0.2) is 0 Å². The van der Waals surface area contributed by atoms with Crippen LogP contribution in [0.3, 0.4) is 0 Å². The molecule has 0 atom stereocenters. The van der Waals surface area contributed by atoms with Crippen LogP contribution in [0, 0.1) is 20.2 Å². The molecule has 0 saturated heterocycles. The highest BCUT2D eigenvalue weighted by atomic mass is 19.4. The van der Waals surface area contributed by atoms with Crippen LogP contribution in [0.15, 0.2) is 72.8 Å². The Morgan fingerprint density at radius 2 is 0.939 bits per heavy atom. The average molecular weight is 474 g/mol. The summed E-state index contributed by atoms with van der Waals surface area (Å²) in [5.41, 5.74) is -2.21. The molecule has 0 bridgehead atoms. The highest BCUT2D eigenvalue weighted by molar-refractivity contribution is 5.42. The van der Waals surface area contributed by atoms with Crippen molar-refractivity contribution in [1.29, 1.82) is 0 Å². The van der Waals surface area contributed by atoms with E-state index in [9.17, 15) is 46.6 Å². The molecule has 0 aliphatic heterocycles. The molecule has 33 heavy (non-hydrogen) atoms. The number of hydrogen-bond acceptors (Lipinski definition) is 5. The number of nitrogens with zero attached hydrogens (tertiary/aromatic N) is 2. The fraction of sp³-hybridized carbons (Fsp3) is 0.100. The number of ether oxygens (including phenoxy) is 1. The Morgan fingerprint density at radius 3 is 1.21 bits per heavy atom. The molecule has 0 fully saturated rings. The number of non-ortho nitro benzene ring substituents is 2. The van der Waals surface area contributed by atoms with E-state index in [1.54, 1.807) is 0 Å². The Bertz CT molecular complexity index is 1030. The number of halogens is 6. The van der Waals surface area contributed by atoms with Crippen LogP contribution < -0.4 is 4.74 Å². The molecule has 174 valence electrons. The van der Waals surface area contributed by atoms with E-state index < -0.39 is 33.3 Å². The molecule has 0 saturated carbocycles. The van der Waals surface area contributed by atoms with Crippen molar-refractivity contribution < 1.29 is 40.9 Å². The zero-order chi connectivity index (χ0) is 24.8. The third kappa shape index (κ3) is 7.48. The maximum Gasteiger partial charge on any atom is 0.416 e. The van der Waals surface area contributed by atoms with Gasteiger partial charge in [0.2, 0.25) is 0 Å². The molecule has 0 spiro atoms. The molecule has 0 aromatic heterocycles. The number of nitro groups is 2. The molecular formula is C20H12F6N2O5. The first kappa shape index (κ1) is 25.1. The summed E-state index contributed by atoms with van der Waals surface area (Å²) in [7, 11) is 0. The molecule has 0 amide bonds. The molecule has 0 heterocycles. The van der Waals surface area contributed by atoms with Crippen molar-refractivity contribution in [3.05, 3.63) is 104 Å². The van der Waals surface area contributed by atoms with E-state index in [0.717, 1.165) is 54.6 Å². The van der Waals surface area contributed by atoms with Gasteiger partial charge in [-0.05, 0) is 54.6 Å². The first-order valence-electron chi connectivity index (χ1n) is 8.68. The van der Waals surface area contributed by atoms with Crippen LogP contribution in [-0.4, -0.2) is 9.85 Å². The van der Waals surface area contributed by atoms with E-state index in [1.807, 2.05) is 0 Å². The third-order valence-corrected chi connectivity index (χ3v) is 3.85. The summed E-state index contributed by atoms with van der Waals surface area (Å²) in [6.45, 7) is 0. The van der Waals surface area contributed by atoms with Gasteiger partial charge in [-0.2, -0.15) is 26.3 Å². The quantitative estimate of drug-likeness (QED) is 0.230. The zero-order valence-corrected chi connectivity index (χ0v) is 16.1. The Labute approximate surface area is 181 Å². The highest BCUT2D eigenvalue weighted by Crippen LogP contribution is 2.33. The van der Waals surface area contributed by atoms with Crippen LogP contribution in [0.1, 0.15) is 11.1 Å². The van der Waals surface area contributed by atoms with Crippen molar-refractivity contribution in [3.63, 3.8) is 0 Å². The second-order valence-electron chi connectivity index (χ2n) is 6.18. The van der Waals surface area contributed by atoms with Gasteiger partial charge in [-0.1, -0.05) is 0 Å². The van der Waals surface area contributed by atoms with Gasteiger partial charge < -0.3 is 4.74 Å². The molecule has 3 rings (SSSR count). The molecule has 3 aromatic carbocycles. The van der Waals surface area contributed by atoms with Crippen LogP contribution >= 0.6 is 0 Å². The lowest BCUT2D eigenvalue weighted by Crippen LogP contribution is -2.04. The standard InChI is InChI=1S/C14H8F6O.C6H4N2O4/c15-13(16,17)9-1-5-11(6-2-9)21-12-7-3-10(4-8-12)14(18,19)20;9-7(10)5-2-1-3-6(4-5)8(11)12/h1-8H;1-4H. The number of benzene rings is 3. The number of hydrogen-bond donors (Lipinski definition) is 0. The van der Waals surface area contributed by atoms with E-state index in [2.05, 4.69) is 0 Å². The van der Waals surface area contributed by atoms with Crippen molar-refractivity contribution in [3.8, 4) is 11.5 Å². The van der Waals surface area contributed by atoms with Gasteiger partial charge >= 0.3 is 12.4 Å². The van der Waals surface area contributed by atoms with Gasteiger partial charge in [-0.3, -0.25) is 20.2 Å². The minimum atomic E-state index is -4.45. The minimum absolute atomic E-state index is 0.0998. The molecular weight excluding hydrogens is 462 g/mol. The van der Waals surface area contributed by atoms with Gasteiger partial charge in [-0.25, -0.2) is 0 Å². The summed E-state index contributed by atoms with van der Waals surface area (Å²) in [5, 5.41) is 20.3. The fourth-order valence-electron chi connectivity index (χ4n) is 2.28. The number of rotatable bonds is 4.